The van der Waals surface area contributed by atoms with Crippen LogP contribution >= 0.6 is 22.7 Å². The first-order valence-electron chi connectivity index (χ1n) is 19.0. The van der Waals surface area contributed by atoms with E-state index >= 15 is 0 Å². The van der Waals surface area contributed by atoms with Crippen LogP contribution in [0.25, 0.3) is 73.4 Å². The van der Waals surface area contributed by atoms with Gasteiger partial charge >= 0.3 is 0 Å². The van der Waals surface area contributed by atoms with Crippen molar-refractivity contribution in [1.82, 2.24) is 0 Å². The van der Waals surface area contributed by atoms with Gasteiger partial charge in [0.15, 0.2) is 0 Å². The van der Waals surface area contributed by atoms with E-state index in [0.29, 0.717) is 0 Å². The van der Waals surface area contributed by atoms with Crippen molar-refractivity contribution < 1.29 is 0 Å². The van der Waals surface area contributed by atoms with Crippen LogP contribution in [0.4, 0.5) is 0 Å². The van der Waals surface area contributed by atoms with Crippen LogP contribution in [0.2, 0.25) is 0 Å². The molecule has 10 aromatic rings. The molecule has 252 valence electrons. The predicted octanol–water partition coefficient (Wildman–Crippen LogP) is 9.80. The molecule has 2 aliphatic rings. The topological polar surface area (TPSA) is 0 Å². The molecule has 4 heteroatoms. The third kappa shape index (κ3) is 4.27. The smallest absolute Gasteiger partial charge is 0.135 e. The quantitative estimate of drug-likeness (QED) is 0.123. The highest BCUT2D eigenvalue weighted by Crippen LogP contribution is 2.45. The Balaban J connectivity index is 1.13. The molecule has 0 amide bonds. The maximum absolute atomic E-state index is 2.51. The van der Waals surface area contributed by atoms with Crippen LogP contribution in [0.3, 0.4) is 0 Å². The van der Waals surface area contributed by atoms with Gasteiger partial charge in [0, 0.05) is 19.2 Å². The number of hydrogen-bond donors (Lipinski definition) is 0. The maximum Gasteiger partial charge on any atom is 0.245 e. The minimum absolute atomic E-state index is 0.202. The Morgan fingerprint density at radius 1 is 0.352 bits per heavy atom. The largest absolute Gasteiger partial charge is 0.245 e. The Bertz CT molecular complexity index is 3040. The summed E-state index contributed by atoms with van der Waals surface area (Å²) in [5.74, 6) is 0. The van der Waals surface area contributed by atoms with Crippen molar-refractivity contribution in [2.75, 3.05) is 0 Å². The van der Waals surface area contributed by atoms with E-state index in [9.17, 15) is 0 Å². The van der Waals surface area contributed by atoms with E-state index in [0.717, 1.165) is 0 Å². The van der Waals surface area contributed by atoms with E-state index < -0.39 is 0 Å². The highest BCUT2D eigenvalue weighted by Gasteiger charge is 2.43. The summed E-state index contributed by atoms with van der Waals surface area (Å²) in [6.45, 7) is 9.30. The van der Waals surface area contributed by atoms with Gasteiger partial charge in [0.1, 0.15) is 0 Å². The second-order valence-electron chi connectivity index (χ2n) is 15.9. The second-order valence-corrected chi connectivity index (χ2v) is 17.9. The zero-order valence-corrected chi connectivity index (χ0v) is 32.3. The SMILES string of the molecule is Cc1cc2cc3cc4c(cc3cc2cc1C)-c1sc2c3c(sc2c1B4c1ccccc1)-c1cc2cc4cc(C)c(C)cc4cc2cc1B3c1ccccc1. The van der Waals surface area contributed by atoms with E-state index in [1.54, 1.807) is 0 Å². The molecule has 8 aromatic carbocycles. The highest BCUT2D eigenvalue weighted by atomic mass is 32.1. The Labute approximate surface area is 323 Å². The van der Waals surface area contributed by atoms with Crippen LogP contribution in [0, 0.1) is 27.7 Å². The van der Waals surface area contributed by atoms with Gasteiger partial charge < -0.3 is 0 Å². The molecule has 12 rings (SSSR count). The lowest BCUT2D eigenvalue weighted by molar-refractivity contribution is 1.37. The summed E-state index contributed by atoms with van der Waals surface area (Å²) in [5.41, 5.74) is 16.9. The number of rotatable bonds is 2. The number of aryl methyl sites for hydroxylation is 4. The van der Waals surface area contributed by atoms with Crippen molar-refractivity contribution in [3.8, 4) is 20.9 Å². The van der Waals surface area contributed by atoms with Gasteiger partial charge in [-0.05, 0) is 151 Å². The maximum atomic E-state index is 2.51. The van der Waals surface area contributed by atoms with E-state index in [1.807, 2.05) is 22.7 Å². The molecular formula is C50H34B2S2. The Kier molecular flexibility index (Phi) is 6.35. The Morgan fingerprint density at radius 2 is 0.667 bits per heavy atom. The van der Waals surface area contributed by atoms with Gasteiger partial charge in [-0.25, -0.2) is 0 Å². The van der Waals surface area contributed by atoms with Crippen molar-refractivity contribution in [1.29, 1.82) is 0 Å². The summed E-state index contributed by atoms with van der Waals surface area (Å²) < 4.78 is 2.95. The molecule has 2 aliphatic heterocycles. The number of benzene rings is 8. The van der Waals surface area contributed by atoms with Gasteiger partial charge in [-0.15, -0.1) is 22.7 Å². The molecular weight excluding hydrogens is 686 g/mol. The summed E-state index contributed by atoms with van der Waals surface area (Å²) in [6.07, 6.45) is 0. The Morgan fingerprint density at radius 3 is 1.02 bits per heavy atom. The molecule has 0 spiro atoms. The van der Waals surface area contributed by atoms with Crippen LogP contribution in [0.1, 0.15) is 22.3 Å². The summed E-state index contributed by atoms with van der Waals surface area (Å²) >= 11 is 4.09. The number of thiophene rings is 2. The molecule has 0 unspecified atom stereocenters. The monoisotopic (exact) mass is 720 g/mol. The molecule has 0 saturated carbocycles. The van der Waals surface area contributed by atoms with E-state index in [-0.39, 0.29) is 13.4 Å². The summed E-state index contributed by atoms with van der Waals surface area (Å²) in [4.78, 5) is 2.91. The average molecular weight is 721 g/mol. The molecule has 4 heterocycles. The highest BCUT2D eigenvalue weighted by molar-refractivity contribution is 7.38. The fourth-order valence-electron chi connectivity index (χ4n) is 9.75. The van der Waals surface area contributed by atoms with E-state index in [2.05, 4.69) is 161 Å². The van der Waals surface area contributed by atoms with Crippen molar-refractivity contribution in [2.45, 2.75) is 27.7 Å². The molecule has 2 aromatic heterocycles. The third-order valence-electron chi connectivity index (χ3n) is 12.7. The average Bonchev–Trinajstić information content (AvgIpc) is 3.89. The lowest BCUT2D eigenvalue weighted by atomic mass is 9.38. The molecule has 0 aliphatic carbocycles. The molecule has 0 fully saturated rings. The van der Waals surface area contributed by atoms with Crippen molar-refractivity contribution in [3.63, 3.8) is 0 Å². The first kappa shape index (κ1) is 31.0. The summed E-state index contributed by atoms with van der Waals surface area (Å²) in [5, 5.41) is 10.6. The van der Waals surface area contributed by atoms with Crippen molar-refractivity contribution in [3.05, 3.63) is 156 Å². The fourth-order valence-corrected chi connectivity index (χ4v) is 12.8. The van der Waals surface area contributed by atoms with Gasteiger partial charge in [0.2, 0.25) is 13.4 Å². The lowest BCUT2D eigenvalue weighted by Gasteiger charge is -2.14. The minimum Gasteiger partial charge on any atom is -0.135 e. The van der Waals surface area contributed by atoms with Gasteiger partial charge in [-0.3, -0.25) is 0 Å². The fraction of sp³-hybridized carbons (Fsp3) is 0.0800. The van der Waals surface area contributed by atoms with Gasteiger partial charge in [-0.1, -0.05) is 119 Å². The standard InChI is InChI=1S/C50H34B2S2/c1-27-15-31-19-35-23-41-43(25-37(35)21-33(31)17-29(27)3)51(39-11-7-5-8-12-39)45-47(41)53-50-46-48(54-49(45)50)42-24-36-20-32-16-28(2)30(4)18-34(32)22-38(36)26-44(42)52(46)40-13-9-6-10-14-40/h5-26H,1-4H3. The van der Waals surface area contributed by atoms with Crippen LogP contribution in [0.15, 0.2) is 133 Å². The number of hydrogen-bond acceptors (Lipinski definition) is 2. The molecule has 0 N–H and O–H groups in total. The minimum atomic E-state index is 0.202. The van der Waals surface area contributed by atoms with Crippen LogP contribution in [-0.4, -0.2) is 13.4 Å². The van der Waals surface area contributed by atoms with E-state index in [1.165, 1.54) is 128 Å². The summed E-state index contributed by atoms with van der Waals surface area (Å²) in [6, 6.07) is 51.6. The molecule has 0 nitrogen and oxygen atoms in total. The Hall–Kier alpha value is -5.41. The molecule has 0 radical (unpaired) electrons. The summed E-state index contributed by atoms with van der Waals surface area (Å²) in [7, 11) is 0. The molecule has 0 saturated heterocycles. The molecule has 54 heavy (non-hydrogen) atoms. The predicted molar refractivity (Wildman–Crippen MR) is 242 cm³/mol. The van der Waals surface area contributed by atoms with Crippen LogP contribution in [0.5, 0.6) is 0 Å². The molecule has 0 atom stereocenters. The first-order chi connectivity index (χ1) is 26.4. The van der Waals surface area contributed by atoms with Crippen LogP contribution < -0.4 is 32.8 Å². The number of fused-ring (bicyclic) bond motifs is 13. The van der Waals surface area contributed by atoms with Crippen molar-refractivity contribution >= 4 is 121 Å². The van der Waals surface area contributed by atoms with Gasteiger partial charge in [-0.2, -0.15) is 0 Å². The van der Waals surface area contributed by atoms with E-state index in [4.69, 9.17) is 0 Å². The van der Waals surface area contributed by atoms with Gasteiger partial charge in [0.25, 0.3) is 0 Å². The normalized spacial score (nSPS) is 13.1. The first-order valence-corrected chi connectivity index (χ1v) is 20.7. The van der Waals surface area contributed by atoms with Gasteiger partial charge in [0.05, 0.1) is 0 Å². The lowest BCUT2D eigenvalue weighted by Crippen LogP contribution is -2.49. The zero-order chi connectivity index (χ0) is 36.0. The molecule has 0 bridgehead atoms. The third-order valence-corrected chi connectivity index (χ3v) is 15.4. The van der Waals surface area contributed by atoms with Crippen LogP contribution in [-0.2, 0) is 0 Å². The zero-order valence-electron chi connectivity index (χ0n) is 30.7. The van der Waals surface area contributed by atoms with Crippen molar-refractivity contribution in [2.24, 2.45) is 0 Å². The second kappa shape index (κ2) is 11.1.